The third-order valence-corrected chi connectivity index (χ3v) is 5.62. The van der Waals surface area contributed by atoms with E-state index in [0.717, 1.165) is 42.4 Å². The van der Waals surface area contributed by atoms with Crippen molar-refractivity contribution in [3.63, 3.8) is 0 Å². The summed E-state index contributed by atoms with van der Waals surface area (Å²) in [5.41, 5.74) is 8.17. The molecule has 0 aromatic heterocycles. The highest BCUT2D eigenvalue weighted by Crippen LogP contribution is 2.38. The van der Waals surface area contributed by atoms with Crippen LogP contribution in [0.4, 0.5) is 11.4 Å². The minimum absolute atomic E-state index is 0.198. The Labute approximate surface area is 182 Å². The molecule has 0 spiro atoms. The maximum atomic E-state index is 12.3. The molecule has 0 atom stereocenters. The molecule has 5 nitrogen and oxygen atoms in total. The van der Waals surface area contributed by atoms with Crippen molar-refractivity contribution < 1.29 is 9.53 Å². The maximum absolute atomic E-state index is 12.3. The van der Waals surface area contributed by atoms with E-state index in [2.05, 4.69) is 64.8 Å². The number of nitrogens with two attached hydrogens (primary N) is 1. The van der Waals surface area contributed by atoms with Gasteiger partial charge in [0.15, 0.2) is 0 Å². The van der Waals surface area contributed by atoms with E-state index in [4.69, 9.17) is 10.5 Å². The van der Waals surface area contributed by atoms with E-state index in [-0.39, 0.29) is 5.91 Å². The van der Waals surface area contributed by atoms with Crippen LogP contribution in [0.25, 0.3) is 0 Å². The monoisotopic (exact) mass is 591 g/mol. The summed E-state index contributed by atoms with van der Waals surface area (Å²) in [7, 11) is 0. The number of hydrogen-bond donors (Lipinski definition) is 2. The predicted octanol–water partition coefficient (Wildman–Crippen LogP) is 5.01. The number of aliphatic imine (C=N–C) groups is 1. The number of fused-ring (bicyclic) bond motifs is 1. The average molecular weight is 593 g/mol. The van der Waals surface area contributed by atoms with Crippen LogP contribution in [0, 0.1) is 3.57 Å². The van der Waals surface area contributed by atoms with Crippen LogP contribution in [-0.2, 0) is 4.79 Å². The Morgan fingerprint density at radius 2 is 1.88 bits per heavy atom. The molecule has 1 aliphatic rings. The van der Waals surface area contributed by atoms with Crippen molar-refractivity contribution in [1.29, 1.82) is 0 Å². The van der Waals surface area contributed by atoms with Crippen molar-refractivity contribution in [3.8, 4) is 5.75 Å². The van der Waals surface area contributed by atoms with Crippen LogP contribution in [0.15, 0.2) is 44.3 Å². The molecule has 0 fully saturated rings. The second-order valence-electron chi connectivity index (χ2n) is 5.69. The van der Waals surface area contributed by atoms with E-state index < -0.39 is 0 Å². The minimum atomic E-state index is -0.198. The Morgan fingerprint density at radius 1 is 1.15 bits per heavy atom. The zero-order valence-corrected chi connectivity index (χ0v) is 19.0. The van der Waals surface area contributed by atoms with E-state index in [0.29, 0.717) is 24.6 Å². The maximum Gasteiger partial charge on any atom is 0.275 e. The molecule has 0 unspecified atom stereocenters. The summed E-state index contributed by atoms with van der Waals surface area (Å²) in [5.74, 6) is 0.521. The van der Waals surface area contributed by atoms with Gasteiger partial charge in [-0.3, -0.25) is 4.79 Å². The number of carbonyl (C=O) groups is 1. The van der Waals surface area contributed by atoms with Gasteiger partial charge in [-0.15, -0.1) is 0 Å². The normalized spacial score (nSPS) is 14.5. The van der Waals surface area contributed by atoms with Crippen LogP contribution >= 0.6 is 54.5 Å². The van der Waals surface area contributed by atoms with E-state index in [1.54, 1.807) is 0 Å². The number of amides is 1. The number of unbranched alkanes of at least 4 members (excludes halogenated alkanes) is 1. The van der Waals surface area contributed by atoms with Gasteiger partial charge < -0.3 is 15.8 Å². The van der Waals surface area contributed by atoms with Crippen molar-refractivity contribution in [2.24, 2.45) is 10.7 Å². The molecule has 3 N–H and O–H groups in total. The molecule has 0 saturated heterocycles. The van der Waals surface area contributed by atoms with E-state index >= 15 is 0 Å². The standard InChI is InChI=1S/C18H16Br2IN3O2/c19-13-8-11(9-14(20)17(13)26-6-2-1-5-22)23-16-12-7-10(21)3-4-15(12)24-18(16)25/h3-4,7-9H,1-2,5-6,22H2,(H,23,24,25). The largest absolute Gasteiger partial charge is 0.491 e. The molecule has 0 radical (unpaired) electrons. The van der Waals surface area contributed by atoms with E-state index in [9.17, 15) is 4.79 Å². The van der Waals surface area contributed by atoms with Crippen molar-refractivity contribution in [1.82, 2.24) is 0 Å². The Hall–Kier alpha value is -0.970. The summed E-state index contributed by atoms with van der Waals surface area (Å²) >= 11 is 9.27. The van der Waals surface area contributed by atoms with Gasteiger partial charge in [0.2, 0.25) is 0 Å². The first-order chi connectivity index (χ1) is 12.5. The molecule has 2 aromatic carbocycles. The fourth-order valence-electron chi connectivity index (χ4n) is 2.53. The third-order valence-electron chi connectivity index (χ3n) is 3.77. The van der Waals surface area contributed by atoms with Crippen LogP contribution < -0.4 is 15.8 Å². The Kier molecular flexibility index (Phi) is 6.70. The first-order valence-electron chi connectivity index (χ1n) is 8.01. The molecule has 2 aromatic rings. The molecule has 1 aliphatic heterocycles. The molecule has 3 rings (SSSR count). The fraction of sp³-hybridized carbons (Fsp3) is 0.222. The van der Waals surface area contributed by atoms with Gasteiger partial charge in [0.25, 0.3) is 5.91 Å². The number of anilines is 1. The topological polar surface area (TPSA) is 76.7 Å². The quantitative estimate of drug-likeness (QED) is 0.366. The number of benzene rings is 2. The number of ether oxygens (including phenoxy) is 1. The van der Waals surface area contributed by atoms with E-state index in [1.165, 1.54) is 0 Å². The van der Waals surface area contributed by atoms with Crippen LogP contribution in [0.3, 0.4) is 0 Å². The van der Waals surface area contributed by atoms with Gasteiger partial charge in [-0.25, -0.2) is 4.99 Å². The molecule has 26 heavy (non-hydrogen) atoms. The summed E-state index contributed by atoms with van der Waals surface area (Å²) in [6.45, 7) is 1.25. The summed E-state index contributed by atoms with van der Waals surface area (Å²) in [6, 6.07) is 9.48. The Bertz CT molecular complexity index is 864. The second kappa shape index (κ2) is 8.81. The summed E-state index contributed by atoms with van der Waals surface area (Å²) in [6.07, 6.45) is 1.82. The third kappa shape index (κ3) is 4.47. The average Bonchev–Trinajstić information content (AvgIpc) is 2.89. The molecule has 1 heterocycles. The number of nitrogens with one attached hydrogen (secondary N) is 1. The SMILES string of the molecule is NCCCCOc1c(Br)cc(N=C2C(=O)Nc3ccc(I)cc32)cc1Br. The van der Waals surface area contributed by atoms with Crippen LogP contribution in [-0.4, -0.2) is 24.8 Å². The fourth-order valence-corrected chi connectivity index (χ4v) is 4.42. The lowest BCUT2D eigenvalue weighted by atomic mass is 10.1. The Balaban J connectivity index is 1.88. The minimum Gasteiger partial charge on any atom is -0.491 e. The highest BCUT2D eigenvalue weighted by molar-refractivity contribution is 14.1. The second-order valence-corrected chi connectivity index (χ2v) is 8.64. The Morgan fingerprint density at radius 3 is 2.58 bits per heavy atom. The number of hydrogen-bond acceptors (Lipinski definition) is 4. The molecule has 8 heteroatoms. The van der Waals surface area contributed by atoms with Crippen molar-refractivity contribution in [2.45, 2.75) is 12.8 Å². The summed E-state index contributed by atoms with van der Waals surface area (Å²) < 4.78 is 8.42. The molecule has 0 saturated carbocycles. The lowest BCUT2D eigenvalue weighted by Gasteiger charge is -2.11. The molecular formula is C18H16Br2IN3O2. The van der Waals surface area contributed by atoms with Crippen LogP contribution in [0.5, 0.6) is 5.75 Å². The summed E-state index contributed by atoms with van der Waals surface area (Å²) in [4.78, 5) is 16.8. The number of carbonyl (C=O) groups excluding carboxylic acids is 1. The first-order valence-corrected chi connectivity index (χ1v) is 10.7. The van der Waals surface area contributed by atoms with Gasteiger partial charge in [-0.1, -0.05) is 0 Å². The molecule has 0 bridgehead atoms. The van der Waals surface area contributed by atoms with Gasteiger partial charge in [0.05, 0.1) is 26.9 Å². The van der Waals surface area contributed by atoms with Crippen LogP contribution in [0.1, 0.15) is 18.4 Å². The van der Waals surface area contributed by atoms with Gasteiger partial charge in [-0.2, -0.15) is 0 Å². The summed E-state index contributed by atoms with van der Waals surface area (Å²) in [5, 5.41) is 2.84. The van der Waals surface area contributed by atoms with Gasteiger partial charge in [0, 0.05) is 9.13 Å². The van der Waals surface area contributed by atoms with Crippen molar-refractivity contribution >= 4 is 77.4 Å². The van der Waals surface area contributed by atoms with Crippen molar-refractivity contribution in [2.75, 3.05) is 18.5 Å². The number of nitrogens with zero attached hydrogens (tertiary/aromatic N) is 1. The van der Waals surface area contributed by atoms with E-state index in [1.807, 2.05) is 30.3 Å². The van der Waals surface area contributed by atoms with Crippen LogP contribution in [0.2, 0.25) is 0 Å². The van der Waals surface area contributed by atoms with Gasteiger partial charge >= 0.3 is 0 Å². The zero-order valence-electron chi connectivity index (χ0n) is 13.7. The zero-order chi connectivity index (χ0) is 18.7. The smallest absolute Gasteiger partial charge is 0.275 e. The highest BCUT2D eigenvalue weighted by atomic mass is 127. The lowest BCUT2D eigenvalue weighted by molar-refractivity contribution is -0.110. The number of halogens is 3. The first kappa shape index (κ1) is 19.8. The lowest BCUT2D eigenvalue weighted by Crippen LogP contribution is -2.13. The highest BCUT2D eigenvalue weighted by Gasteiger charge is 2.26. The molecule has 1 amide bonds. The van der Waals surface area contributed by atoms with Gasteiger partial charge in [-0.05, 0) is 104 Å². The molecule has 0 aliphatic carbocycles. The van der Waals surface area contributed by atoms with Crippen molar-refractivity contribution in [3.05, 3.63) is 48.4 Å². The molecule has 136 valence electrons. The predicted molar refractivity (Wildman–Crippen MR) is 120 cm³/mol. The van der Waals surface area contributed by atoms with Gasteiger partial charge in [0.1, 0.15) is 11.5 Å². The molecular weight excluding hydrogens is 577 g/mol. The number of rotatable bonds is 6.